The molecule has 20 heteroatoms. The third-order valence-corrected chi connectivity index (χ3v) is 22.6. The molecule has 10 rings (SSSR count). The number of fused-ring (bicyclic) bond motifs is 10. The Bertz CT molecular complexity index is 2430. The van der Waals surface area contributed by atoms with E-state index >= 15 is 0 Å². The highest BCUT2D eigenvalue weighted by atomic mass is 79.9. The number of nitrogens with zero attached hydrogens (tertiary/aromatic N) is 3. The van der Waals surface area contributed by atoms with Crippen LogP contribution < -0.4 is 0 Å². The quantitative estimate of drug-likeness (QED) is 0.0914. The summed E-state index contributed by atoms with van der Waals surface area (Å²) in [6.45, 7) is 3.62. The standard InChI is InChI=1S/C25H37FN2O4S.C21H32BrFO2.C4H6N2O2S.CH2S3/c1-24-9-7-19-18-8-10-25(30,15-26)11-16(18)3-4-20(19)21(24)5-6-22(24)23(29)14-28-13-17(12-27-28)33(2,31)32;1-20-8-6-15-14-7-9-21(25,12-23)10-13(14)2-3-16(15)17(20)4-5-18(20)19(24)11-22;1-9(7,8)4-2-5-6-3-4;2-1(3)4/h12-13,16,18-22,30H,3-11,14-15H2,1-2H3;13-18,25H,2-12H2,1H3;2-3H,1H3,(H,5,6);(H2,2,3,4)/t16-,18+,19-,20-,21+,22-,24+,25-;13-,14+,15-,16-,17+,18-,20+,21-;;/m11../s1. The maximum absolute atomic E-state index is 13.4. The number of Topliss-reactive ketones (excluding diaryl/α,β-unsaturated/α-hetero) is 2. The highest BCUT2D eigenvalue weighted by Crippen LogP contribution is 2.66. The van der Waals surface area contributed by atoms with Gasteiger partial charge in [0.15, 0.2) is 25.5 Å². The number of carbonyl (C=O) groups excluding carboxylic acids is 2. The van der Waals surface area contributed by atoms with E-state index in [0.29, 0.717) is 87.7 Å². The SMILES string of the molecule is CS(=O)(=O)c1cn[nH]c1.C[C@]12CC[C@H]3[C@@H](CC[C@@H]4C[C@@](O)(CF)CC[C@@H]43)[C@@H]1CC[C@@H]2C(=O)CBr.C[C@]12CC[C@H]3[C@@H](CC[C@@H]4C[C@@](O)(CF)CC[C@@H]43)[C@@H]1CC[C@@H]2C(=O)Cn1cc(S(C)(=O)=O)cn1.S=C(S)S. The predicted molar refractivity (Wildman–Crippen MR) is 284 cm³/mol. The summed E-state index contributed by atoms with van der Waals surface area (Å²) in [6.07, 6.45) is 25.5. The first-order chi connectivity index (χ1) is 33.3. The highest BCUT2D eigenvalue weighted by molar-refractivity contribution is 9.09. The zero-order chi connectivity index (χ0) is 51.9. The molecular weight excluding hydrogens is 1070 g/mol. The predicted octanol–water partition coefficient (Wildman–Crippen LogP) is 9.69. The van der Waals surface area contributed by atoms with Crippen molar-refractivity contribution in [2.24, 2.45) is 81.8 Å². The molecule has 0 saturated heterocycles. The van der Waals surface area contributed by atoms with Crippen LogP contribution in [0.5, 0.6) is 0 Å². The van der Waals surface area contributed by atoms with Gasteiger partial charge in [-0.3, -0.25) is 19.4 Å². The normalized spacial score (nSPS) is 40.2. The van der Waals surface area contributed by atoms with Gasteiger partial charge in [-0.25, -0.2) is 25.6 Å². The van der Waals surface area contributed by atoms with E-state index in [4.69, 9.17) is 0 Å². The molecule has 8 aliphatic carbocycles. The van der Waals surface area contributed by atoms with Crippen molar-refractivity contribution in [3.8, 4) is 0 Å². The number of carbonyl (C=O) groups is 2. The number of aliphatic hydroxyl groups is 2. The first kappa shape index (κ1) is 57.4. The molecule has 0 aliphatic heterocycles. The summed E-state index contributed by atoms with van der Waals surface area (Å²) in [5.41, 5.74) is -1.96. The van der Waals surface area contributed by atoms with Gasteiger partial charge in [0.2, 0.25) is 0 Å². The van der Waals surface area contributed by atoms with Gasteiger partial charge in [-0.15, -0.1) is 25.3 Å². The fourth-order valence-electron chi connectivity index (χ4n) is 16.7. The smallest absolute Gasteiger partial charge is 0.178 e. The number of aromatic nitrogens is 4. The number of hydrogen-bond donors (Lipinski definition) is 5. The Hall–Kier alpha value is -1.29. The summed E-state index contributed by atoms with van der Waals surface area (Å²) >= 11 is 14.8. The molecule has 8 fully saturated rings. The molecule has 2 aromatic heterocycles. The Kier molecular flexibility index (Phi) is 18.4. The van der Waals surface area contributed by atoms with E-state index in [1.807, 2.05) is 0 Å². The summed E-state index contributed by atoms with van der Waals surface area (Å²) in [5, 5.41) is 31.4. The van der Waals surface area contributed by atoms with Gasteiger partial charge in [0, 0.05) is 36.7 Å². The van der Waals surface area contributed by atoms with Crippen molar-refractivity contribution in [3.05, 3.63) is 24.8 Å². The van der Waals surface area contributed by atoms with Crippen LogP contribution in [0.3, 0.4) is 0 Å². The number of ketones is 2. The second-order valence-electron chi connectivity index (χ2n) is 23.6. The van der Waals surface area contributed by atoms with E-state index in [2.05, 4.69) is 82.5 Å². The number of hydrogen-bond acceptors (Lipinski definition) is 11. The Balaban J connectivity index is 0.000000171. The fourth-order valence-corrected chi connectivity index (χ4v) is 18.1. The third kappa shape index (κ3) is 12.5. The minimum Gasteiger partial charge on any atom is -0.387 e. The summed E-state index contributed by atoms with van der Waals surface area (Å²) < 4.78 is 73.3. The zero-order valence-corrected chi connectivity index (χ0v) is 47.6. The number of H-pyrrole nitrogens is 1. The van der Waals surface area contributed by atoms with Crippen molar-refractivity contribution in [1.82, 2.24) is 20.0 Å². The summed E-state index contributed by atoms with van der Waals surface area (Å²) in [5.74, 6) is 7.05. The first-order valence-corrected chi connectivity index (χ1v) is 32.0. The molecule has 0 spiro atoms. The molecule has 3 N–H and O–H groups in total. The van der Waals surface area contributed by atoms with Crippen LogP contribution in [-0.4, -0.2) is 105 Å². The van der Waals surface area contributed by atoms with Crippen LogP contribution in [-0.2, 0) is 35.8 Å². The van der Waals surface area contributed by atoms with E-state index in [1.54, 1.807) is 0 Å². The number of thiocarbonyl (C=S) groups is 1. The molecule has 0 radical (unpaired) electrons. The summed E-state index contributed by atoms with van der Waals surface area (Å²) in [4.78, 5) is 26.2. The number of sulfone groups is 2. The molecule has 16 atom stereocenters. The van der Waals surface area contributed by atoms with Gasteiger partial charge in [0.1, 0.15) is 28.9 Å². The van der Waals surface area contributed by atoms with Crippen molar-refractivity contribution in [1.29, 1.82) is 0 Å². The number of aromatic amines is 1. The Morgan fingerprint density at radius 3 is 1.54 bits per heavy atom. The number of nitrogens with one attached hydrogen (secondary N) is 1. The monoisotopic (exact) mass is 1150 g/mol. The molecule has 2 heterocycles. The molecule has 400 valence electrons. The lowest BCUT2D eigenvalue weighted by molar-refractivity contribution is -0.134. The van der Waals surface area contributed by atoms with Gasteiger partial charge >= 0.3 is 0 Å². The number of alkyl halides is 3. The molecule has 0 bridgehead atoms. The molecule has 0 aromatic carbocycles. The molecule has 12 nitrogen and oxygen atoms in total. The lowest BCUT2D eigenvalue weighted by Gasteiger charge is -2.56. The summed E-state index contributed by atoms with van der Waals surface area (Å²) in [7, 11) is -6.38. The average Bonchev–Trinajstić information content (AvgIpc) is 4.15. The van der Waals surface area contributed by atoms with Crippen molar-refractivity contribution in [3.63, 3.8) is 0 Å². The van der Waals surface area contributed by atoms with E-state index in [9.17, 15) is 45.4 Å². The zero-order valence-electron chi connectivity index (χ0n) is 41.7. The average molecular weight is 1150 g/mol. The van der Waals surface area contributed by atoms with Crippen LogP contribution in [0.15, 0.2) is 34.6 Å². The molecular formula is C51H77BrF2N4O8S5. The second kappa shape index (κ2) is 22.7. The maximum atomic E-state index is 13.4. The minimum atomic E-state index is -3.33. The number of thiol groups is 2. The van der Waals surface area contributed by atoms with Crippen LogP contribution in [0.1, 0.15) is 129 Å². The molecule has 0 amide bonds. The van der Waals surface area contributed by atoms with Crippen LogP contribution in [0.4, 0.5) is 8.78 Å². The van der Waals surface area contributed by atoms with Crippen LogP contribution in [0, 0.1) is 81.8 Å². The van der Waals surface area contributed by atoms with E-state index in [1.165, 1.54) is 55.2 Å². The van der Waals surface area contributed by atoms with Crippen LogP contribution >= 0.6 is 53.4 Å². The maximum Gasteiger partial charge on any atom is 0.178 e. The van der Waals surface area contributed by atoms with Crippen LogP contribution in [0.2, 0.25) is 0 Å². The second-order valence-corrected chi connectivity index (χ2v) is 30.5. The minimum absolute atomic E-state index is 0.00459. The largest absolute Gasteiger partial charge is 0.387 e. The Labute approximate surface area is 445 Å². The van der Waals surface area contributed by atoms with E-state index in [-0.39, 0.29) is 44.8 Å². The van der Waals surface area contributed by atoms with Gasteiger partial charge in [-0.1, -0.05) is 42.0 Å². The van der Waals surface area contributed by atoms with Gasteiger partial charge in [0.25, 0.3) is 0 Å². The highest BCUT2D eigenvalue weighted by Gasteiger charge is 2.61. The van der Waals surface area contributed by atoms with Gasteiger partial charge in [-0.05, 0) is 186 Å². The van der Waals surface area contributed by atoms with Gasteiger partial charge in [0.05, 0.1) is 39.0 Å². The van der Waals surface area contributed by atoms with Crippen molar-refractivity contribution < 1.29 is 45.4 Å². The topological polar surface area (TPSA) is 189 Å². The van der Waals surface area contributed by atoms with Gasteiger partial charge < -0.3 is 10.2 Å². The number of halogens is 3. The fraction of sp³-hybridized carbons (Fsp3) is 0.824. The Morgan fingerprint density at radius 1 is 0.704 bits per heavy atom. The van der Waals surface area contributed by atoms with E-state index in [0.717, 1.165) is 88.6 Å². The lowest BCUT2D eigenvalue weighted by Crippen LogP contribution is -2.52. The molecule has 0 unspecified atom stereocenters. The van der Waals surface area contributed by atoms with Crippen molar-refractivity contribution >= 4 is 88.2 Å². The molecule has 71 heavy (non-hydrogen) atoms. The van der Waals surface area contributed by atoms with Crippen molar-refractivity contribution in [2.45, 2.75) is 157 Å². The molecule has 8 aliphatic rings. The lowest BCUT2D eigenvalue weighted by atomic mass is 9.49. The number of rotatable bonds is 9. The van der Waals surface area contributed by atoms with E-state index < -0.39 is 44.2 Å². The Morgan fingerprint density at radius 2 is 1.15 bits per heavy atom. The van der Waals surface area contributed by atoms with Gasteiger partial charge in [-0.2, -0.15) is 10.2 Å². The summed E-state index contributed by atoms with van der Waals surface area (Å²) in [6, 6.07) is 0. The first-order valence-electron chi connectivity index (χ1n) is 25.8. The third-order valence-electron chi connectivity index (χ3n) is 19.9. The van der Waals surface area contributed by atoms with Crippen LogP contribution in [0.25, 0.3) is 0 Å². The van der Waals surface area contributed by atoms with Crippen molar-refractivity contribution in [2.75, 3.05) is 31.2 Å². The molecule has 2 aromatic rings. The molecule has 8 saturated carbocycles.